The normalized spacial score (nSPS) is 15.4. The lowest BCUT2D eigenvalue weighted by atomic mass is 10.1. The second-order valence-corrected chi connectivity index (χ2v) is 8.80. The number of nitro groups is 1. The van der Waals surface area contributed by atoms with Crippen LogP contribution in [-0.4, -0.2) is 54.6 Å². The molecule has 3 rings (SSSR count). The van der Waals surface area contributed by atoms with Gasteiger partial charge < -0.3 is 4.90 Å². The Morgan fingerprint density at radius 2 is 1.68 bits per heavy atom. The molecule has 0 radical (unpaired) electrons. The fourth-order valence-corrected chi connectivity index (χ4v) is 5.09. The molecule has 0 aromatic heterocycles. The molecule has 1 heterocycles. The van der Waals surface area contributed by atoms with Gasteiger partial charge in [-0.1, -0.05) is 35.3 Å². The molecule has 0 atom stereocenters. The molecule has 8 nitrogen and oxygen atoms in total. The van der Waals surface area contributed by atoms with Crippen molar-refractivity contribution in [1.29, 1.82) is 0 Å². The Morgan fingerprint density at radius 1 is 1.04 bits per heavy atom. The van der Waals surface area contributed by atoms with Gasteiger partial charge in [0.25, 0.3) is 11.6 Å². The molecule has 2 aromatic rings. The van der Waals surface area contributed by atoms with Gasteiger partial charge in [-0.2, -0.15) is 4.31 Å². The first-order chi connectivity index (χ1) is 13.2. The lowest BCUT2D eigenvalue weighted by Crippen LogP contribution is -2.50. The first kappa shape index (κ1) is 20.5. The number of sulfonamides is 1. The minimum Gasteiger partial charge on any atom is -0.336 e. The van der Waals surface area contributed by atoms with Crippen molar-refractivity contribution in [2.75, 3.05) is 26.2 Å². The molecule has 1 aliphatic heterocycles. The van der Waals surface area contributed by atoms with Gasteiger partial charge in [0.15, 0.2) is 0 Å². The number of carbonyl (C=O) groups is 1. The van der Waals surface area contributed by atoms with Gasteiger partial charge in [-0.3, -0.25) is 14.9 Å². The zero-order valence-electron chi connectivity index (χ0n) is 14.4. The van der Waals surface area contributed by atoms with Crippen molar-refractivity contribution in [2.24, 2.45) is 0 Å². The number of piperazine rings is 1. The van der Waals surface area contributed by atoms with Crippen LogP contribution < -0.4 is 0 Å². The van der Waals surface area contributed by atoms with E-state index < -0.39 is 20.9 Å². The van der Waals surface area contributed by atoms with Crippen LogP contribution in [-0.2, 0) is 10.0 Å². The number of rotatable bonds is 4. The third kappa shape index (κ3) is 3.97. The van der Waals surface area contributed by atoms with E-state index in [4.69, 9.17) is 23.2 Å². The third-order valence-electron chi connectivity index (χ3n) is 4.37. The molecular weight excluding hydrogens is 429 g/mol. The summed E-state index contributed by atoms with van der Waals surface area (Å²) in [4.78, 5) is 24.5. The summed E-state index contributed by atoms with van der Waals surface area (Å²) in [6.45, 7) is 0.277. The molecule has 2 aromatic carbocycles. The average Bonchev–Trinajstić information content (AvgIpc) is 2.69. The van der Waals surface area contributed by atoms with E-state index in [1.54, 1.807) is 6.07 Å². The largest absolute Gasteiger partial charge is 0.336 e. The summed E-state index contributed by atoms with van der Waals surface area (Å²) in [5, 5.41) is 11.4. The molecule has 148 valence electrons. The van der Waals surface area contributed by atoms with Gasteiger partial charge in [0, 0.05) is 37.3 Å². The van der Waals surface area contributed by atoms with Crippen LogP contribution in [0.5, 0.6) is 0 Å². The Hall–Kier alpha value is -2.20. The molecule has 1 amide bonds. The summed E-state index contributed by atoms with van der Waals surface area (Å²) in [5.74, 6) is -0.509. The molecule has 0 unspecified atom stereocenters. The van der Waals surface area contributed by atoms with Gasteiger partial charge in [0.2, 0.25) is 10.0 Å². The zero-order chi connectivity index (χ0) is 20.5. The van der Waals surface area contributed by atoms with Crippen LogP contribution in [0.1, 0.15) is 10.4 Å². The second-order valence-electron chi connectivity index (χ2n) is 6.05. The minimum absolute atomic E-state index is 0.0262. The fourth-order valence-electron chi connectivity index (χ4n) is 2.93. The van der Waals surface area contributed by atoms with Crippen LogP contribution >= 0.6 is 23.2 Å². The van der Waals surface area contributed by atoms with E-state index in [2.05, 4.69) is 0 Å². The van der Waals surface area contributed by atoms with Crippen LogP contribution in [0.15, 0.2) is 47.4 Å². The van der Waals surface area contributed by atoms with Gasteiger partial charge in [0.1, 0.15) is 10.5 Å². The van der Waals surface area contributed by atoms with E-state index >= 15 is 0 Å². The Labute approximate surface area is 171 Å². The van der Waals surface area contributed by atoms with Crippen LogP contribution in [0.2, 0.25) is 10.0 Å². The van der Waals surface area contributed by atoms with Crippen molar-refractivity contribution in [3.05, 3.63) is 68.2 Å². The van der Waals surface area contributed by atoms with Crippen LogP contribution in [0.3, 0.4) is 0 Å². The SMILES string of the molecule is O=C(c1ccccc1[N+](=O)[O-])N1CCN(S(=O)(=O)c2cc(Cl)ccc2Cl)CC1. The van der Waals surface area contributed by atoms with Gasteiger partial charge in [0.05, 0.1) is 9.95 Å². The quantitative estimate of drug-likeness (QED) is 0.533. The topological polar surface area (TPSA) is 101 Å². The van der Waals surface area contributed by atoms with Crippen molar-refractivity contribution in [2.45, 2.75) is 4.90 Å². The highest BCUT2D eigenvalue weighted by Crippen LogP contribution is 2.28. The molecule has 1 aliphatic rings. The number of amides is 1. The van der Waals surface area contributed by atoms with Crippen molar-refractivity contribution in [1.82, 2.24) is 9.21 Å². The summed E-state index contributed by atoms with van der Waals surface area (Å²) in [7, 11) is -3.88. The highest BCUT2D eigenvalue weighted by Gasteiger charge is 2.33. The standard InChI is InChI=1S/C17H15Cl2N3O5S/c18-12-5-6-14(19)16(11-12)28(26,27)21-9-7-20(8-10-21)17(23)13-3-1-2-4-15(13)22(24)25/h1-6,11H,7-10H2. The Kier molecular flexibility index (Phi) is 5.90. The summed E-state index contributed by atoms with van der Waals surface area (Å²) >= 11 is 11.9. The molecule has 0 bridgehead atoms. The lowest BCUT2D eigenvalue weighted by molar-refractivity contribution is -0.385. The first-order valence-corrected chi connectivity index (χ1v) is 10.4. The highest BCUT2D eigenvalue weighted by molar-refractivity contribution is 7.89. The second kappa shape index (κ2) is 8.04. The van der Waals surface area contributed by atoms with Crippen LogP contribution in [0, 0.1) is 10.1 Å². The average molecular weight is 444 g/mol. The van der Waals surface area contributed by atoms with Crippen LogP contribution in [0.25, 0.3) is 0 Å². The molecule has 11 heteroatoms. The minimum atomic E-state index is -3.88. The van der Waals surface area contributed by atoms with Gasteiger partial charge >= 0.3 is 0 Å². The van der Waals surface area contributed by atoms with Crippen molar-refractivity contribution in [3.8, 4) is 0 Å². The van der Waals surface area contributed by atoms with Gasteiger partial charge in [-0.25, -0.2) is 8.42 Å². The van der Waals surface area contributed by atoms with E-state index in [9.17, 15) is 23.3 Å². The molecular formula is C17H15Cl2N3O5S. The van der Waals surface area contributed by atoms with E-state index in [0.29, 0.717) is 0 Å². The number of carbonyl (C=O) groups excluding carboxylic acids is 1. The number of benzene rings is 2. The van der Waals surface area contributed by atoms with Crippen molar-refractivity contribution >= 4 is 44.8 Å². The van der Waals surface area contributed by atoms with Gasteiger partial charge in [-0.05, 0) is 24.3 Å². The monoisotopic (exact) mass is 443 g/mol. The Morgan fingerprint density at radius 3 is 2.32 bits per heavy atom. The summed E-state index contributed by atoms with van der Waals surface area (Å²) in [5.41, 5.74) is -0.310. The van der Waals surface area contributed by atoms with Crippen molar-refractivity contribution in [3.63, 3.8) is 0 Å². The number of para-hydroxylation sites is 1. The summed E-state index contributed by atoms with van der Waals surface area (Å²) in [6, 6.07) is 9.85. The van der Waals surface area contributed by atoms with E-state index in [1.165, 1.54) is 45.6 Å². The predicted octanol–water partition coefficient (Wildman–Crippen LogP) is 3.05. The molecule has 28 heavy (non-hydrogen) atoms. The Balaban J connectivity index is 1.77. The lowest BCUT2D eigenvalue weighted by Gasteiger charge is -2.34. The molecule has 1 fully saturated rings. The van der Waals surface area contributed by atoms with Crippen LogP contribution in [0.4, 0.5) is 5.69 Å². The summed E-state index contributed by atoms with van der Waals surface area (Å²) < 4.78 is 26.9. The zero-order valence-corrected chi connectivity index (χ0v) is 16.7. The summed E-state index contributed by atoms with van der Waals surface area (Å²) in [6.07, 6.45) is 0. The number of nitrogens with zero attached hydrogens (tertiary/aromatic N) is 3. The molecule has 0 saturated carbocycles. The van der Waals surface area contributed by atoms with E-state index in [1.807, 2.05) is 0 Å². The molecule has 0 spiro atoms. The smallest absolute Gasteiger partial charge is 0.282 e. The number of hydrogen-bond acceptors (Lipinski definition) is 5. The van der Waals surface area contributed by atoms with Crippen molar-refractivity contribution < 1.29 is 18.1 Å². The number of halogens is 2. The third-order valence-corrected chi connectivity index (χ3v) is 6.98. The molecule has 0 N–H and O–H groups in total. The number of nitro benzene ring substituents is 1. The maximum absolute atomic E-state index is 12.8. The molecule has 0 aliphatic carbocycles. The highest BCUT2D eigenvalue weighted by atomic mass is 35.5. The predicted molar refractivity (Wildman–Crippen MR) is 104 cm³/mol. The van der Waals surface area contributed by atoms with E-state index in [0.717, 1.165) is 0 Å². The maximum atomic E-state index is 12.8. The maximum Gasteiger partial charge on any atom is 0.282 e. The van der Waals surface area contributed by atoms with E-state index in [-0.39, 0.29) is 52.4 Å². The fraction of sp³-hybridized carbons (Fsp3) is 0.235. The first-order valence-electron chi connectivity index (χ1n) is 8.19. The number of hydrogen-bond donors (Lipinski definition) is 0. The molecule has 1 saturated heterocycles. The Bertz CT molecular complexity index is 1040. The van der Waals surface area contributed by atoms with Gasteiger partial charge in [-0.15, -0.1) is 0 Å².